The average Bonchev–Trinajstić information content (AvgIpc) is 1.61. The second kappa shape index (κ2) is 30.2. The van der Waals surface area contributed by atoms with Crippen LogP contribution in [0.3, 0.4) is 0 Å². The summed E-state index contributed by atoms with van der Waals surface area (Å²) in [5.74, 6) is 4.67. The van der Waals surface area contributed by atoms with E-state index in [1.165, 1.54) is 54.6 Å². The number of Topliss-reactive ketones (excluding diaryl/α,β-unsaturated/α-hetero) is 1. The number of phenolic OH excluding ortho intramolecular Hbond substituents is 2. The van der Waals surface area contributed by atoms with Gasteiger partial charge in [-0.05, 0) is 200 Å². The topological polar surface area (TPSA) is 188 Å². The number of nitrogens with two attached hydrogens (primary N) is 2. The third-order valence-corrected chi connectivity index (χ3v) is 16.7. The van der Waals surface area contributed by atoms with Crippen LogP contribution in [-0.4, -0.2) is 111 Å². The van der Waals surface area contributed by atoms with E-state index in [9.17, 15) is 15.0 Å². The number of fused-ring (bicyclic) bond motifs is 3. The van der Waals surface area contributed by atoms with Crippen LogP contribution < -0.4 is 35.2 Å². The van der Waals surface area contributed by atoms with Crippen LogP contribution in [0.5, 0.6) is 40.2 Å². The molecule has 88 heavy (non-hydrogen) atoms. The number of rotatable bonds is 20. The van der Waals surface area contributed by atoms with Crippen LogP contribution in [-0.2, 0) is 24.1 Å². The summed E-state index contributed by atoms with van der Waals surface area (Å²) < 4.78 is 27.8. The summed E-state index contributed by atoms with van der Waals surface area (Å²) >= 11 is 6.17. The summed E-state index contributed by atoms with van der Waals surface area (Å²) in [5, 5.41) is 20.7. The van der Waals surface area contributed by atoms with E-state index < -0.39 is 0 Å². The van der Waals surface area contributed by atoms with Crippen molar-refractivity contribution in [2.75, 3.05) is 86.3 Å². The van der Waals surface area contributed by atoms with Gasteiger partial charge in [0.2, 0.25) is 11.7 Å². The number of nitrogen functional groups attached to an aromatic ring is 2. The van der Waals surface area contributed by atoms with Gasteiger partial charge in [-0.3, -0.25) is 9.69 Å². The fourth-order valence-electron chi connectivity index (χ4n) is 12.1. The number of anilines is 2. The first kappa shape index (κ1) is 63.7. The van der Waals surface area contributed by atoms with Gasteiger partial charge in [-0.25, -0.2) is 4.98 Å². The van der Waals surface area contributed by atoms with Crippen molar-refractivity contribution in [2.45, 2.75) is 64.7 Å². The molecule has 1 atom stereocenters. The number of phenols is 2. The summed E-state index contributed by atoms with van der Waals surface area (Å²) in [7, 11) is 8.78. The zero-order valence-electron chi connectivity index (χ0n) is 51.4. The molecular weight excluding hydrogens is 1120 g/mol. The number of aromatic hydroxyl groups is 2. The Kier molecular flexibility index (Phi) is 21.9. The zero-order valence-corrected chi connectivity index (χ0v) is 52.1. The Labute approximate surface area is 523 Å². The number of carbonyl (C=O) groups excluding carboxylic acids is 1. The van der Waals surface area contributed by atoms with E-state index in [4.69, 9.17) is 46.8 Å². The van der Waals surface area contributed by atoms with E-state index >= 15 is 0 Å². The van der Waals surface area contributed by atoms with Crippen molar-refractivity contribution in [2.24, 2.45) is 5.41 Å². The molecule has 8 aromatic rings. The molecule has 14 nitrogen and oxygen atoms in total. The van der Waals surface area contributed by atoms with Crippen molar-refractivity contribution < 1.29 is 38.7 Å². The van der Waals surface area contributed by atoms with Crippen molar-refractivity contribution in [1.82, 2.24) is 19.8 Å². The van der Waals surface area contributed by atoms with Gasteiger partial charge in [0.15, 0.2) is 17.3 Å². The number of ketones is 1. The Morgan fingerprint density at radius 1 is 0.705 bits per heavy atom. The lowest BCUT2D eigenvalue weighted by atomic mass is 9.65. The Bertz CT molecular complexity index is 3660. The van der Waals surface area contributed by atoms with Crippen molar-refractivity contribution in [3.63, 3.8) is 0 Å². The Hall–Kier alpha value is -8.82. The lowest BCUT2D eigenvalue weighted by Crippen LogP contribution is -2.33. The van der Waals surface area contributed by atoms with Crippen LogP contribution in [0.25, 0.3) is 22.3 Å². The van der Waals surface area contributed by atoms with Gasteiger partial charge in [-0.15, -0.1) is 0 Å². The second-order valence-corrected chi connectivity index (χ2v) is 23.1. The molecule has 7 aromatic carbocycles. The van der Waals surface area contributed by atoms with Crippen molar-refractivity contribution in [1.29, 1.82) is 0 Å². The van der Waals surface area contributed by atoms with E-state index in [-0.39, 0.29) is 28.6 Å². The first-order valence-electron chi connectivity index (χ1n) is 30.1. The minimum absolute atomic E-state index is 0.154. The molecular formula is C73H81ClN6O8. The number of benzene rings is 7. The first-order chi connectivity index (χ1) is 42.7. The molecule has 0 saturated carbocycles. The van der Waals surface area contributed by atoms with Crippen LogP contribution in [0.15, 0.2) is 164 Å². The van der Waals surface area contributed by atoms with Crippen LogP contribution in [0, 0.1) is 5.41 Å². The normalized spacial score (nSPS) is 15.6. The molecule has 3 aliphatic rings. The van der Waals surface area contributed by atoms with Crippen molar-refractivity contribution in [3.8, 4) is 40.2 Å². The van der Waals surface area contributed by atoms with E-state index in [0.717, 1.165) is 105 Å². The summed E-state index contributed by atoms with van der Waals surface area (Å²) in [5.41, 5.74) is 25.0. The molecule has 0 spiro atoms. The van der Waals surface area contributed by atoms with Gasteiger partial charge in [0, 0.05) is 53.7 Å². The number of nitrogens with zero attached hydrogens (tertiary/aromatic N) is 4. The van der Waals surface area contributed by atoms with Crippen LogP contribution >= 0.6 is 11.6 Å². The minimum Gasteiger partial charge on any atom is -0.508 e. The first-order valence-corrected chi connectivity index (χ1v) is 30.5. The third kappa shape index (κ3) is 16.0. The number of carbonyl (C=O) groups is 1. The Morgan fingerprint density at radius 2 is 1.33 bits per heavy atom. The molecule has 458 valence electrons. The monoisotopic (exact) mass is 1200 g/mol. The van der Waals surface area contributed by atoms with Crippen molar-refractivity contribution >= 4 is 51.4 Å². The van der Waals surface area contributed by atoms with Crippen LogP contribution in [0.4, 0.5) is 11.8 Å². The average molecular weight is 1210 g/mol. The maximum atomic E-state index is 13.5. The molecule has 0 bridgehead atoms. The molecule has 2 aliphatic carbocycles. The smallest absolute Gasteiger partial charge is 0.221 e. The molecule has 15 heteroatoms. The molecule has 1 aliphatic heterocycles. The molecule has 1 unspecified atom stereocenters. The second-order valence-electron chi connectivity index (χ2n) is 22.7. The number of likely N-dealkylation sites (tertiary alicyclic amines) is 1. The SMILES string of the molecule is CC/C(=C(\c1ccc(O)cc1)c1ccc(OCCN(C)C)cc1)c1ccccc1.COc1cc(Cc2cnc(N)nc2N)cc(OC)c1OC.O=C1CCC2(Cc3ccc(Cl)cc3)Cc3cc(O)ccc3C2=C1c1ccc(OCCN2CCCCC2)cc1. The van der Waals surface area contributed by atoms with Gasteiger partial charge < -0.3 is 50.3 Å². The lowest BCUT2D eigenvalue weighted by molar-refractivity contribution is -0.114. The summed E-state index contributed by atoms with van der Waals surface area (Å²) in [4.78, 5) is 26.0. The fraction of sp³-hybridized carbons (Fsp3) is 0.301. The van der Waals surface area contributed by atoms with Gasteiger partial charge in [-0.1, -0.05) is 110 Å². The fourth-order valence-corrected chi connectivity index (χ4v) is 12.2. The number of hydrogen-bond acceptors (Lipinski definition) is 14. The number of aromatic nitrogens is 2. The number of halogens is 1. The van der Waals surface area contributed by atoms with Crippen molar-refractivity contribution in [3.05, 3.63) is 219 Å². The molecule has 1 fully saturated rings. The van der Waals surface area contributed by atoms with Crippen LogP contribution in [0.2, 0.25) is 5.02 Å². The summed E-state index contributed by atoms with van der Waals surface area (Å²) in [6.07, 6.45) is 9.88. The van der Waals surface area contributed by atoms with Gasteiger partial charge in [-0.2, -0.15) is 4.98 Å². The molecule has 0 amide bonds. The summed E-state index contributed by atoms with van der Waals surface area (Å²) in [6, 6.07) is 51.6. The van der Waals surface area contributed by atoms with E-state index in [1.807, 2.05) is 105 Å². The molecule has 11 rings (SSSR count). The predicted molar refractivity (Wildman–Crippen MR) is 354 cm³/mol. The molecule has 0 radical (unpaired) electrons. The Balaban J connectivity index is 0.000000165. The van der Waals surface area contributed by atoms with E-state index in [0.29, 0.717) is 49.1 Å². The molecule has 2 heterocycles. The summed E-state index contributed by atoms with van der Waals surface area (Å²) in [6.45, 7) is 7.68. The third-order valence-electron chi connectivity index (χ3n) is 16.4. The number of likely N-dealkylation sites (N-methyl/N-ethyl adjacent to an activating group) is 1. The highest BCUT2D eigenvalue weighted by atomic mass is 35.5. The lowest BCUT2D eigenvalue weighted by Gasteiger charge is -2.37. The zero-order chi connectivity index (χ0) is 62.2. The minimum atomic E-state index is -0.198. The van der Waals surface area contributed by atoms with E-state index in [2.05, 4.69) is 75.2 Å². The van der Waals surface area contributed by atoms with Crippen LogP contribution in [0.1, 0.15) is 95.5 Å². The van der Waals surface area contributed by atoms with Gasteiger partial charge in [0.25, 0.3) is 0 Å². The maximum Gasteiger partial charge on any atom is 0.221 e. The standard InChI is InChI=1S/C33H34ClNO3.C26H29NO2.C14H18N4O3/c34-26-8-4-23(5-9-26)21-33-15-14-30(37)31(32(33)29-13-10-27(36)20-25(29)22-33)24-6-11-28(12-7-24)38-19-18-35-16-2-1-3-17-35;1-4-25(20-8-6-5-7-9-20)26(21-10-14-23(28)15-11-21)22-12-16-24(17-13-22)29-19-18-27(2)3;1-19-10-5-8(6-11(20-2)12(10)21-3)4-9-7-17-14(16)18-13(9)15/h4-13,20,36H,1-3,14-19,21-22H2;5-17,28H,4,18-19H2,1-3H3;5-7H,4H2,1-3H3,(H4,15,16,17,18)/b;26-25-;. The molecule has 1 saturated heterocycles. The molecule has 6 N–H and O–H groups in total. The van der Waals surface area contributed by atoms with Gasteiger partial charge in [0.05, 0.1) is 21.3 Å². The predicted octanol–water partition coefficient (Wildman–Crippen LogP) is 13.9. The molecule has 1 aromatic heterocycles. The quantitative estimate of drug-likeness (QED) is 0.0528. The number of ether oxygens (including phenoxy) is 5. The largest absolute Gasteiger partial charge is 0.508 e. The van der Waals surface area contributed by atoms with Gasteiger partial charge in [0.1, 0.15) is 42.0 Å². The highest BCUT2D eigenvalue weighted by Crippen LogP contribution is 2.58. The number of hydrogen-bond donors (Lipinski definition) is 4. The number of piperidine rings is 1. The maximum absolute atomic E-state index is 13.5. The Morgan fingerprint density at radius 3 is 1.94 bits per heavy atom. The van der Waals surface area contributed by atoms with E-state index in [1.54, 1.807) is 45.7 Å². The highest BCUT2D eigenvalue weighted by Gasteiger charge is 2.47. The number of methoxy groups -OCH3 is 3. The number of allylic oxidation sites excluding steroid dienone is 3. The highest BCUT2D eigenvalue weighted by molar-refractivity contribution is 6.31. The van der Waals surface area contributed by atoms with Gasteiger partial charge >= 0.3 is 0 Å².